The number of nitrogens with one attached hydrogen (secondary N) is 1. The molecule has 162 valence electrons. The number of aromatic nitrogens is 1. The summed E-state index contributed by atoms with van der Waals surface area (Å²) in [7, 11) is 0. The van der Waals surface area contributed by atoms with E-state index >= 15 is 0 Å². The van der Waals surface area contributed by atoms with Gasteiger partial charge < -0.3 is 14.8 Å². The van der Waals surface area contributed by atoms with Crippen molar-refractivity contribution in [3.8, 4) is 6.07 Å². The summed E-state index contributed by atoms with van der Waals surface area (Å²) >= 11 is 0. The molecule has 0 aliphatic rings. The van der Waals surface area contributed by atoms with Gasteiger partial charge in [-0.15, -0.1) is 0 Å². The quantitative estimate of drug-likeness (QED) is 0.419. The summed E-state index contributed by atoms with van der Waals surface area (Å²) in [5.41, 5.74) is 2.77. The predicted octanol–water partition coefficient (Wildman–Crippen LogP) is 4.71. The maximum Gasteiger partial charge on any atom is 0.315 e. The van der Waals surface area contributed by atoms with E-state index in [9.17, 15) is 19.1 Å². The van der Waals surface area contributed by atoms with Crippen LogP contribution in [0.3, 0.4) is 0 Å². The third kappa shape index (κ3) is 4.78. The Morgan fingerprint density at radius 2 is 1.82 bits per heavy atom. The molecule has 0 spiro atoms. The van der Waals surface area contributed by atoms with Gasteiger partial charge in [0.15, 0.2) is 12.0 Å². The third-order valence-electron chi connectivity index (χ3n) is 4.99. The van der Waals surface area contributed by atoms with Gasteiger partial charge in [0, 0.05) is 6.08 Å². The molecule has 0 radical (unpaired) electrons. The molecular weight excluding hydrogens is 425 g/mol. The lowest BCUT2D eigenvalue weighted by Crippen LogP contribution is -2.14. The molecule has 7 nitrogen and oxygen atoms in total. The molecule has 0 bridgehead atoms. The number of oxazole rings is 1. The van der Waals surface area contributed by atoms with Crippen LogP contribution in [0.15, 0.2) is 77.6 Å². The minimum atomic E-state index is -1.15. The van der Waals surface area contributed by atoms with Gasteiger partial charge in [-0.3, -0.25) is 9.59 Å². The number of halogens is 1. The number of amides is 1. The summed E-state index contributed by atoms with van der Waals surface area (Å²) in [5, 5.41) is 21.0. The van der Waals surface area contributed by atoms with Crippen molar-refractivity contribution in [1.29, 1.82) is 5.26 Å². The zero-order chi connectivity index (χ0) is 23.4. The SMILES string of the molecule is N#Cc1ccc(C=CC(=O)Nc2ccc(C(C(=O)O)c3ccc4ocnc4c3)cc2F)cc1. The lowest BCUT2D eigenvalue weighted by molar-refractivity contribution is -0.137. The molecular formula is C25H16FN3O4. The van der Waals surface area contributed by atoms with E-state index in [0.29, 0.717) is 27.8 Å². The first-order valence-electron chi connectivity index (χ1n) is 9.79. The molecule has 3 aromatic carbocycles. The minimum Gasteiger partial charge on any atom is -0.481 e. The number of carbonyl (C=O) groups is 2. The lowest BCUT2D eigenvalue weighted by Gasteiger charge is -2.14. The summed E-state index contributed by atoms with van der Waals surface area (Å²) in [5.74, 6) is -3.60. The molecule has 2 N–H and O–H groups in total. The average molecular weight is 441 g/mol. The fraction of sp³-hybridized carbons (Fsp3) is 0.0400. The molecule has 4 rings (SSSR count). The Bertz CT molecular complexity index is 1420. The van der Waals surface area contributed by atoms with E-state index in [0.717, 1.165) is 6.07 Å². The number of hydrogen-bond donors (Lipinski definition) is 2. The van der Waals surface area contributed by atoms with E-state index in [1.807, 2.05) is 6.07 Å². The number of rotatable bonds is 6. The molecule has 1 atom stereocenters. The highest BCUT2D eigenvalue weighted by Gasteiger charge is 2.24. The van der Waals surface area contributed by atoms with Crippen molar-refractivity contribution in [2.24, 2.45) is 0 Å². The highest BCUT2D eigenvalue weighted by atomic mass is 19.1. The Hall–Kier alpha value is -4.77. The van der Waals surface area contributed by atoms with E-state index in [-0.39, 0.29) is 11.3 Å². The van der Waals surface area contributed by atoms with Gasteiger partial charge in [-0.2, -0.15) is 5.26 Å². The number of aliphatic carboxylic acids is 1. The van der Waals surface area contributed by atoms with Crippen molar-refractivity contribution in [2.45, 2.75) is 5.92 Å². The van der Waals surface area contributed by atoms with Crippen LogP contribution < -0.4 is 5.32 Å². The molecule has 1 heterocycles. The molecule has 0 aliphatic heterocycles. The van der Waals surface area contributed by atoms with Gasteiger partial charge in [0.2, 0.25) is 5.91 Å². The fourth-order valence-electron chi connectivity index (χ4n) is 3.36. The van der Waals surface area contributed by atoms with Crippen molar-refractivity contribution >= 4 is 34.7 Å². The van der Waals surface area contributed by atoms with Crippen LogP contribution in [-0.2, 0) is 9.59 Å². The molecule has 4 aromatic rings. The molecule has 0 saturated carbocycles. The number of carboxylic acid groups (broad SMARTS) is 1. The van der Waals surface area contributed by atoms with Gasteiger partial charge in [-0.05, 0) is 59.2 Å². The van der Waals surface area contributed by atoms with Crippen LogP contribution >= 0.6 is 0 Å². The average Bonchev–Trinajstić information content (AvgIpc) is 3.28. The standard InChI is InChI=1S/C25H16FN3O4/c26-19-11-17(24(25(31)32)18-7-9-22-21(12-18)28-14-33-22)6-8-20(19)29-23(30)10-5-15-1-3-16(13-27)4-2-15/h1-12,14,24H,(H,29,30)(H,31,32). The zero-order valence-corrected chi connectivity index (χ0v) is 17.0. The van der Waals surface area contributed by atoms with E-state index in [1.54, 1.807) is 42.5 Å². The largest absolute Gasteiger partial charge is 0.481 e. The number of anilines is 1. The number of carbonyl (C=O) groups excluding carboxylic acids is 1. The fourth-order valence-corrected chi connectivity index (χ4v) is 3.36. The van der Waals surface area contributed by atoms with Gasteiger partial charge in [0.25, 0.3) is 0 Å². The van der Waals surface area contributed by atoms with Crippen LogP contribution in [-0.4, -0.2) is 22.0 Å². The smallest absolute Gasteiger partial charge is 0.315 e. The lowest BCUT2D eigenvalue weighted by atomic mass is 9.91. The van der Waals surface area contributed by atoms with Crippen LogP contribution in [0.2, 0.25) is 0 Å². The van der Waals surface area contributed by atoms with Gasteiger partial charge in [0.05, 0.1) is 17.3 Å². The minimum absolute atomic E-state index is 0.0793. The maximum atomic E-state index is 14.7. The summed E-state index contributed by atoms with van der Waals surface area (Å²) in [4.78, 5) is 28.2. The van der Waals surface area contributed by atoms with E-state index in [1.165, 1.54) is 30.7 Å². The van der Waals surface area contributed by atoms with E-state index < -0.39 is 23.6 Å². The second-order valence-corrected chi connectivity index (χ2v) is 7.15. The topological polar surface area (TPSA) is 116 Å². The van der Waals surface area contributed by atoms with E-state index in [2.05, 4.69) is 10.3 Å². The van der Waals surface area contributed by atoms with Crippen LogP contribution in [0.25, 0.3) is 17.2 Å². The van der Waals surface area contributed by atoms with Crippen LogP contribution in [0.5, 0.6) is 0 Å². The van der Waals surface area contributed by atoms with Gasteiger partial charge >= 0.3 is 5.97 Å². The number of benzene rings is 3. The number of hydrogen-bond acceptors (Lipinski definition) is 5. The Labute approximate surface area is 187 Å². The van der Waals surface area contributed by atoms with Crippen molar-refractivity contribution in [2.75, 3.05) is 5.32 Å². The Morgan fingerprint density at radius 1 is 1.09 bits per heavy atom. The van der Waals surface area contributed by atoms with Gasteiger partial charge in [-0.1, -0.05) is 24.3 Å². The van der Waals surface area contributed by atoms with Gasteiger partial charge in [-0.25, -0.2) is 9.37 Å². The Morgan fingerprint density at radius 3 is 2.52 bits per heavy atom. The number of fused-ring (bicyclic) bond motifs is 1. The molecule has 0 fully saturated rings. The molecule has 1 aromatic heterocycles. The molecule has 0 saturated heterocycles. The monoisotopic (exact) mass is 441 g/mol. The number of nitriles is 1. The molecule has 1 unspecified atom stereocenters. The summed E-state index contributed by atoms with van der Waals surface area (Å²) < 4.78 is 19.9. The zero-order valence-electron chi connectivity index (χ0n) is 17.0. The Kier molecular flexibility index (Phi) is 5.96. The number of carboxylic acids is 1. The van der Waals surface area contributed by atoms with Crippen LogP contribution in [0.4, 0.5) is 10.1 Å². The first kappa shape index (κ1) is 21.5. The molecule has 8 heteroatoms. The molecule has 33 heavy (non-hydrogen) atoms. The predicted molar refractivity (Wildman–Crippen MR) is 119 cm³/mol. The van der Waals surface area contributed by atoms with Crippen molar-refractivity contribution in [3.63, 3.8) is 0 Å². The van der Waals surface area contributed by atoms with E-state index in [4.69, 9.17) is 9.68 Å². The van der Waals surface area contributed by atoms with Crippen LogP contribution in [0, 0.1) is 17.1 Å². The number of nitrogens with zero attached hydrogens (tertiary/aromatic N) is 2. The van der Waals surface area contributed by atoms with Crippen molar-refractivity contribution in [3.05, 3.63) is 101 Å². The maximum absolute atomic E-state index is 14.7. The summed E-state index contributed by atoms with van der Waals surface area (Å²) in [6.45, 7) is 0. The highest BCUT2D eigenvalue weighted by molar-refractivity contribution is 6.02. The second kappa shape index (κ2) is 9.16. The third-order valence-corrected chi connectivity index (χ3v) is 4.99. The first-order chi connectivity index (χ1) is 15.9. The normalized spacial score (nSPS) is 11.9. The summed E-state index contributed by atoms with van der Waals surface area (Å²) in [6, 6.07) is 17.3. The Balaban J connectivity index is 1.52. The summed E-state index contributed by atoms with van der Waals surface area (Å²) in [6.07, 6.45) is 4.03. The van der Waals surface area contributed by atoms with Gasteiger partial charge in [0.1, 0.15) is 17.3 Å². The van der Waals surface area contributed by atoms with Crippen LogP contribution in [0.1, 0.15) is 28.2 Å². The van der Waals surface area contributed by atoms with Crippen molar-refractivity contribution in [1.82, 2.24) is 4.98 Å². The second-order valence-electron chi connectivity index (χ2n) is 7.15. The molecule has 0 aliphatic carbocycles. The molecule has 1 amide bonds. The first-order valence-corrected chi connectivity index (χ1v) is 9.79. The highest BCUT2D eigenvalue weighted by Crippen LogP contribution is 2.30. The van der Waals surface area contributed by atoms with Crippen molar-refractivity contribution < 1.29 is 23.5 Å².